The first-order valence-corrected chi connectivity index (χ1v) is 12.5. The summed E-state index contributed by atoms with van der Waals surface area (Å²) < 4.78 is 7.18. The number of carbonyl (C=O) groups excluding carboxylic acids is 2. The van der Waals surface area contributed by atoms with Gasteiger partial charge in [0.1, 0.15) is 6.04 Å². The average molecular weight is 475 g/mol. The highest BCUT2D eigenvalue weighted by Gasteiger charge is 2.36. The average Bonchev–Trinajstić information content (AvgIpc) is 3.56. The minimum atomic E-state index is -0.430. The zero-order chi connectivity index (χ0) is 23.3. The van der Waals surface area contributed by atoms with Gasteiger partial charge >= 0.3 is 0 Å². The molecular weight excluding hydrogens is 448 g/mol. The third-order valence-corrected chi connectivity index (χ3v) is 7.00. The Morgan fingerprint density at radius 3 is 2.44 bits per heavy atom. The molecule has 174 valence electrons. The molecule has 0 aliphatic carbocycles. The van der Waals surface area contributed by atoms with E-state index >= 15 is 0 Å². The van der Waals surface area contributed by atoms with E-state index in [9.17, 15) is 9.59 Å². The van der Waals surface area contributed by atoms with Crippen LogP contribution in [0.1, 0.15) is 5.56 Å². The normalized spacial score (nSPS) is 18.5. The molecule has 3 aromatic rings. The SMILES string of the molecule is O=C(C1CSCN1C(=O)/C=C/c1cn(-c2ccccc2)nc1-c1ccccc1)N1CCOCC1. The van der Waals surface area contributed by atoms with Crippen molar-refractivity contribution in [2.24, 2.45) is 0 Å². The number of para-hydroxylation sites is 1. The van der Waals surface area contributed by atoms with Crippen LogP contribution in [0.25, 0.3) is 23.0 Å². The van der Waals surface area contributed by atoms with E-state index < -0.39 is 6.04 Å². The van der Waals surface area contributed by atoms with Gasteiger partial charge in [0.15, 0.2) is 0 Å². The first-order chi connectivity index (χ1) is 16.7. The maximum Gasteiger partial charge on any atom is 0.247 e. The molecule has 2 aliphatic heterocycles. The molecule has 0 radical (unpaired) electrons. The molecule has 1 atom stereocenters. The number of amides is 2. The van der Waals surface area contributed by atoms with Crippen molar-refractivity contribution in [2.75, 3.05) is 37.9 Å². The number of nitrogens with zero attached hydrogens (tertiary/aromatic N) is 4. The quantitative estimate of drug-likeness (QED) is 0.531. The first-order valence-electron chi connectivity index (χ1n) is 11.3. The third-order valence-electron chi connectivity index (χ3n) is 5.99. The van der Waals surface area contributed by atoms with Crippen molar-refractivity contribution in [3.8, 4) is 16.9 Å². The van der Waals surface area contributed by atoms with Crippen LogP contribution in [0.3, 0.4) is 0 Å². The van der Waals surface area contributed by atoms with Crippen LogP contribution in [0.2, 0.25) is 0 Å². The monoisotopic (exact) mass is 474 g/mol. The number of aromatic nitrogens is 2. The topological polar surface area (TPSA) is 67.7 Å². The first kappa shape index (κ1) is 22.4. The Bertz CT molecular complexity index is 1170. The van der Waals surface area contributed by atoms with Crippen molar-refractivity contribution >= 4 is 29.7 Å². The van der Waals surface area contributed by atoms with E-state index in [1.807, 2.05) is 71.5 Å². The molecule has 5 rings (SSSR count). The van der Waals surface area contributed by atoms with Crippen LogP contribution in [-0.4, -0.2) is 75.4 Å². The molecule has 0 saturated carbocycles. The lowest BCUT2D eigenvalue weighted by atomic mass is 10.1. The van der Waals surface area contributed by atoms with Gasteiger partial charge < -0.3 is 14.5 Å². The summed E-state index contributed by atoms with van der Waals surface area (Å²) >= 11 is 1.61. The number of ether oxygens (including phenoxy) is 1. The molecule has 2 saturated heterocycles. The Kier molecular flexibility index (Phi) is 6.78. The van der Waals surface area contributed by atoms with Crippen LogP contribution in [0, 0.1) is 0 Å². The van der Waals surface area contributed by atoms with Gasteiger partial charge in [0.25, 0.3) is 0 Å². The van der Waals surface area contributed by atoms with Crippen molar-refractivity contribution in [3.63, 3.8) is 0 Å². The summed E-state index contributed by atoms with van der Waals surface area (Å²) in [6, 6.07) is 19.4. The summed E-state index contributed by atoms with van der Waals surface area (Å²) in [6.07, 6.45) is 5.29. The smallest absolute Gasteiger partial charge is 0.247 e. The minimum Gasteiger partial charge on any atom is -0.378 e. The van der Waals surface area contributed by atoms with Gasteiger partial charge in [0.05, 0.1) is 30.5 Å². The van der Waals surface area contributed by atoms with Crippen molar-refractivity contribution in [3.05, 3.63) is 78.5 Å². The molecule has 1 unspecified atom stereocenters. The summed E-state index contributed by atoms with van der Waals surface area (Å²) in [5.74, 6) is 0.982. The van der Waals surface area contributed by atoms with E-state index in [-0.39, 0.29) is 11.8 Å². The fourth-order valence-electron chi connectivity index (χ4n) is 4.16. The van der Waals surface area contributed by atoms with Crippen molar-refractivity contribution < 1.29 is 14.3 Å². The predicted molar refractivity (Wildman–Crippen MR) is 133 cm³/mol. The molecule has 2 fully saturated rings. The lowest BCUT2D eigenvalue weighted by molar-refractivity contribution is -0.144. The largest absolute Gasteiger partial charge is 0.378 e. The number of morpholine rings is 1. The summed E-state index contributed by atoms with van der Waals surface area (Å²) in [6.45, 7) is 2.26. The summed E-state index contributed by atoms with van der Waals surface area (Å²) in [4.78, 5) is 29.6. The minimum absolute atomic E-state index is 0.0110. The zero-order valence-electron chi connectivity index (χ0n) is 18.7. The van der Waals surface area contributed by atoms with Gasteiger partial charge in [0, 0.05) is 42.2 Å². The van der Waals surface area contributed by atoms with Crippen LogP contribution >= 0.6 is 11.8 Å². The van der Waals surface area contributed by atoms with Crippen molar-refractivity contribution in [1.29, 1.82) is 0 Å². The maximum absolute atomic E-state index is 13.1. The number of hydrogen-bond acceptors (Lipinski definition) is 5. The van der Waals surface area contributed by atoms with Crippen molar-refractivity contribution in [2.45, 2.75) is 6.04 Å². The van der Waals surface area contributed by atoms with Crippen molar-refractivity contribution in [1.82, 2.24) is 19.6 Å². The molecule has 0 spiro atoms. The number of carbonyl (C=O) groups is 2. The fraction of sp³-hybridized carbons (Fsp3) is 0.269. The highest BCUT2D eigenvalue weighted by atomic mass is 32.2. The molecule has 0 bridgehead atoms. The van der Waals surface area contributed by atoms with E-state index in [0.717, 1.165) is 22.5 Å². The zero-order valence-corrected chi connectivity index (χ0v) is 19.6. The maximum atomic E-state index is 13.1. The van der Waals surface area contributed by atoms with Crippen LogP contribution in [0.15, 0.2) is 72.9 Å². The summed E-state index contributed by atoms with van der Waals surface area (Å²) in [7, 11) is 0. The summed E-state index contributed by atoms with van der Waals surface area (Å²) in [5.41, 5.74) is 3.55. The van der Waals surface area contributed by atoms with E-state index in [1.54, 1.807) is 33.7 Å². The molecule has 34 heavy (non-hydrogen) atoms. The molecule has 3 heterocycles. The van der Waals surface area contributed by atoms with E-state index in [1.165, 1.54) is 0 Å². The number of hydrogen-bond donors (Lipinski definition) is 0. The fourth-order valence-corrected chi connectivity index (χ4v) is 5.31. The standard InChI is InChI=1S/C26H26N4O3S/c31-24(29-19-34-18-23(29)26(32)28-13-15-33-16-14-28)12-11-21-17-30(22-9-5-2-6-10-22)27-25(21)20-7-3-1-4-8-20/h1-12,17,23H,13-16,18-19H2/b12-11+. The molecule has 1 aromatic heterocycles. The van der Waals surface area contributed by atoms with Crippen LogP contribution < -0.4 is 0 Å². The van der Waals surface area contributed by atoms with Gasteiger partial charge in [-0.2, -0.15) is 5.10 Å². The van der Waals surface area contributed by atoms with Gasteiger partial charge in [-0.15, -0.1) is 11.8 Å². The molecule has 8 heteroatoms. The highest BCUT2D eigenvalue weighted by molar-refractivity contribution is 7.99. The van der Waals surface area contributed by atoms with Crippen LogP contribution in [-0.2, 0) is 14.3 Å². The van der Waals surface area contributed by atoms with Gasteiger partial charge in [-0.25, -0.2) is 4.68 Å². The van der Waals surface area contributed by atoms with Gasteiger partial charge in [-0.3, -0.25) is 9.59 Å². The number of benzene rings is 2. The van der Waals surface area contributed by atoms with E-state index in [2.05, 4.69) is 0 Å². The predicted octanol–water partition coefficient (Wildman–Crippen LogP) is 3.31. The Labute approximate surface area is 203 Å². The number of thioether (sulfide) groups is 1. The lowest BCUT2D eigenvalue weighted by Gasteiger charge is -2.31. The Morgan fingerprint density at radius 1 is 1.00 bits per heavy atom. The van der Waals surface area contributed by atoms with E-state index in [0.29, 0.717) is 37.9 Å². The molecule has 2 aliphatic rings. The Hall–Kier alpha value is -3.36. The van der Waals surface area contributed by atoms with E-state index in [4.69, 9.17) is 9.84 Å². The molecular formula is C26H26N4O3S. The highest BCUT2D eigenvalue weighted by Crippen LogP contribution is 2.26. The van der Waals surface area contributed by atoms with Crippen LogP contribution in [0.4, 0.5) is 0 Å². The third kappa shape index (κ3) is 4.78. The molecule has 2 amide bonds. The summed E-state index contributed by atoms with van der Waals surface area (Å²) in [5, 5.41) is 4.79. The van der Waals surface area contributed by atoms with Gasteiger partial charge in [-0.05, 0) is 18.2 Å². The Balaban J connectivity index is 1.39. The number of rotatable bonds is 5. The van der Waals surface area contributed by atoms with Crippen LogP contribution in [0.5, 0.6) is 0 Å². The second-order valence-electron chi connectivity index (χ2n) is 8.17. The lowest BCUT2D eigenvalue weighted by Crippen LogP contribution is -2.51. The Morgan fingerprint density at radius 2 is 1.71 bits per heavy atom. The second-order valence-corrected chi connectivity index (χ2v) is 9.17. The van der Waals surface area contributed by atoms with Gasteiger partial charge in [-0.1, -0.05) is 48.5 Å². The second kappa shape index (κ2) is 10.3. The van der Waals surface area contributed by atoms with Gasteiger partial charge in [0.2, 0.25) is 11.8 Å². The molecule has 7 nitrogen and oxygen atoms in total. The molecule has 2 aromatic carbocycles. The molecule has 0 N–H and O–H groups in total.